The van der Waals surface area contributed by atoms with E-state index in [1.165, 1.54) is 6.42 Å². The number of halogens is 3. The van der Waals surface area contributed by atoms with Crippen LogP contribution in [0.1, 0.15) is 62.4 Å². The maximum Gasteiger partial charge on any atom is 0.406 e. The average Bonchev–Trinajstić information content (AvgIpc) is 3.44. The van der Waals surface area contributed by atoms with Crippen LogP contribution in [-0.4, -0.2) is 38.9 Å². The monoisotopic (exact) mass is 495 g/mol. The summed E-state index contributed by atoms with van der Waals surface area (Å²) in [5.74, 6) is -0.967. The molecular formula is C27H28F3N5O. The van der Waals surface area contributed by atoms with Crippen LogP contribution < -0.4 is 10.7 Å². The van der Waals surface area contributed by atoms with Crippen molar-refractivity contribution in [3.05, 3.63) is 71.7 Å². The van der Waals surface area contributed by atoms with E-state index in [0.717, 1.165) is 41.7 Å². The number of hydrogen-bond donors (Lipinski definition) is 2. The fourth-order valence-corrected chi connectivity index (χ4v) is 6.09. The Hall–Kier alpha value is -3.33. The predicted molar refractivity (Wildman–Crippen MR) is 130 cm³/mol. The van der Waals surface area contributed by atoms with Gasteiger partial charge in [0.1, 0.15) is 23.6 Å². The number of hydrazine groups is 1. The molecule has 3 aromatic rings. The predicted octanol–water partition coefficient (Wildman–Crippen LogP) is 5.26. The molecule has 6 nitrogen and oxygen atoms in total. The molecule has 0 spiro atoms. The van der Waals surface area contributed by atoms with Crippen molar-refractivity contribution in [3.8, 4) is 0 Å². The molecule has 3 heterocycles. The van der Waals surface area contributed by atoms with E-state index >= 15 is 0 Å². The molecule has 1 saturated carbocycles. The fourth-order valence-electron chi connectivity index (χ4n) is 6.09. The van der Waals surface area contributed by atoms with Crippen molar-refractivity contribution >= 4 is 22.5 Å². The Morgan fingerprint density at radius 2 is 1.67 bits per heavy atom. The Bertz CT molecular complexity index is 1330. The Morgan fingerprint density at radius 3 is 2.39 bits per heavy atom. The van der Waals surface area contributed by atoms with Gasteiger partial charge in [-0.25, -0.2) is 15.4 Å². The number of fused-ring (bicyclic) bond motifs is 2. The largest absolute Gasteiger partial charge is 0.406 e. The number of para-hydroxylation sites is 2. The molecule has 3 unspecified atom stereocenters. The van der Waals surface area contributed by atoms with Crippen molar-refractivity contribution < 1.29 is 18.0 Å². The molecular weight excluding hydrogens is 467 g/mol. The van der Waals surface area contributed by atoms with E-state index in [1.807, 2.05) is 24.3 Å². The Morgan fingerprint density at radius 1 is 0.972 bits per heavy atom. The molecule has 9 heteroatoms. The molecule has 6 rings (SSSR count). The third-order valence-corrected chi connectivity index (χ3v) is 7.72. The quantitative estimate of drug-likeness (QED) is 0.520. The van der Waals surface area contributed by atoms with E-state index in [2.05, 4.69) is 15.3 Å². The van der Waals surface area contributed by atoms with Gasteiger partial charge in [-0.2, -0.15) is 13.2 Å². The zero-order chi connectivity index (χ0) is 25.0. The van der Waals surface area contributed by atoms with Crippen molar-refractivity contribution in [2.75, 3.05) is 0 Å². The molecule has 2 aromatic carbocycles. The SMILES string of the molecule is CC1=C(c2nc3ccccc3n2C2CCCCC2)C(=O)N2NC(C(F)(F)F)C(c3ccccc3)C2N1. The van der Waals surface area contributed by atoms with Gasteiger partial charge in [0.15, 0.2) is 0 Å². The highest BCUT2D eigenvalue weighted by molar-refractivity contribution is 6.20. The van der Waals surface area contributed by atoms with E-state index in [0.29, 0.717) is 22.7 Å². The van der Waals surface area contributed by atoms with Crippen LogP contribution in [0.5, 0.6) is 0 Å². The summed E-state index contributed by atoms with van der Waals surface area (Å²) in [6.07, 6.45) is -0.0626. The van der Waals surface area contributed by atoms with Gasteiger partial charge < -0.3 is 9.88 Å². The van der Waals surface area contributed by atoms with Gasteiger partial charge in [0.2, 0.25) is 0 Å². The second kappa shape index (κ2) is 8.65. The zero-order valence-electron chi connectivity index (χ0n) is 19.9. The Kier molecular flexibility index (Phi) is 5.55. The molecule has 2 N–H and O–H groups in total. The van der Waals surface area contributed by atoms with Crippen LogP contribution in [0.3, 0.4) is 0 Å². The topological polar surface area (TPSA) is 62.2 Å². The first-order valence-corrected chi connectivity index (χ1v) is 12.5. The first-order chi connectivity index (χ1) is 17.3. The van der Waals surface area contributed by atoms with Crippen molar-refractivity contribution in [2.24, 2.45) is 0 Å². The first-order valence-electron chi connectivity index (χ1n) is 12.5. The summed E-state index contributed by atoms with van der Waals surface area (Å²) in [6, 6.07) is 14.6. The lowest BCUT2D eigenvalue weighted by molar-refractivity contribution is -0.161. The second-order valence-corrected chi connectivity index (χ2v) is 9.94. The number of hydrogen-bond acceptors (Lipinski definition) is 4. The van der Waals surface area contributed by atoms with E-state index in [4.69, 9.17) is 4.98 Å². The summed E-state index contributed by atoms with van der Waals surface area (Å²) in [7, 11) is 0. The third-order valence-electron chi connectivity index (χ3n) is 7.72. The van der Waals surface area contributed by atoms with Gasteiger partial charge in [-0.15, -0.1) is 0 Å². The highest BCUT2D eigenvalue weighted by Crippen LogP contribution is 2.43. The lowest BCUT2D eigenvalue weighted by atomic mass is 9.89. The number of amides is 1. The third kappa shape index (κ3) is 3.68. The number of alkyl halides is 3. The number of aromatic nitrogens is 2. The van der Waals surface area contributed by atoms with Crippen LogP contribution in [0.2, 0.25) is 0 Å². The molecule has 0 radical (unpaired) electrons. The summed E-state index contributed by atoms with van der Waals surface area (Å²) >= 11 is 0. The molecule has 36 heavy (non-hydrogen) atoms. The van der Waals surface area contributed by atoms with Gasteiger partial charge in [0, 0.05) is 11.7 Å². The van der Waals surface area contributed by atoms with Crippen LogP contribution in [0, 0.1) is 0 Å². The molecule has 3 aliphatic rings. The summed E-state index contributed by atoms with van der Waals surface area (Å²) in [5, 5.41) is 4.38. The number of imidazole rings is 1. The number of benzene rings is 2. The van der Waals surface area contributed by atoms with Gasteiger partial charge in [-0.3, -0.25) is 4.79 Å². The number of nitrogens with zero attached hydrogens (tertiary/aromatic N) is 3. The number of carbonyl (C=O) groups excluding carboxylic acids is 1. The highest BCUT2D eigenvalue weighted by Gasteiger charge is 2.58. The summed E-state index contributed by atoms with van der Waals surface area (Å²) < 4.78 is 44.6. The standard InChI is InChI=1S/C27H28F3N5O/c1-16-21(24-32-19-14-8-9-15-20(19)34(24)18-12-6-3-7-13-18)26(36)35-25(31-16)22(17-10-4-2-5-11-17)23(33-35)27(28,29)30/h2,4-5,8-11,14-15,18,22-23,25,31,33H,3,6-7,12-13H2,1H3. The van der Waals surface area contributed by atoms with Crippen molar-refractivity contribution in [2.45, 2.75) is 69.4 Å². The lowest BCUT2D eigenvalue weighted by Gasteiger charge is -2.35. The molecule has 188 valence electrons. The summed E-state index contributed by atoms with van der Waals surface area (Å²) in [5.41, 5.74) is 5.60. The maximum atomic E-state index is 14.2. The van der Waals surface area contributed by atoms with Gasteiger partial charge in [-0.1, -0.05) is 61.7 Å². The summed E-state index contributed by atoms with van der Waals surface area (Å²) in [4.78, 5) is 18.8. The number of rotatable bonds is 3. The normalized spacial score (nSPS) is 25.4. The van der Waals surface area contributed by atoms with Crippen LogP contribution >= 0.6 is 0 Å². The van der Waals surface area contributed by atoms with E-state index in [-0.39, 0.29) is 6.04 Å². The van der Waals surface area contributed by atoms with Gasteiger partial charge in [0.25, 0.3) is 5.91 Å². The molecule has 3 atom stereocenters. The van der Waals surface area contributed by atoms with Crippen LogP contribution in [-0.2, 0) is 4.79 Å². The van der Waals surface area contributed by atoms with Crippen molar-refractivity contribution in [3.63, 3.8) is 0 Å². The highest BCUT2D eigenvalue weighted by atomic mass is 19.4. The molecule has 1 amide bonds. The van der Waals surface area contributed by atoms with Crippen LogP contribution in [0.4, 0.5) is 13.2 Å². The Labute approximate surface area is 207 Å². The molecule has 0 bridgehead atoms. The molecule has 2 aliphatic heterocycles. The second-order valence-electron chi connectivity index (χ2n) is 9.94. The minimum absolute atomic E-state index is 0.193. The van der Waals surface area contributed by atoms with Crippen molar-refractivity contribution in [1.82, 2.24) is 25.3 Å². The molecule has 1 aromatic heterocycles. The smallest absolute Gasteiger partial charge is 0.366 e. The number of carbonyl (C=O) groups is 1. The number of nitrogens with one attached hydrogen (secondary N) is 2. The molecule has 1 saturated heterocycles. The Balaban J connectivity index is 1.46. The van der Waals surface area contributed by atoms with Crippen LogP contribution in [0.25, 0.3) is 16.6 Å². The minimum atomic E-state index is -4.54. The lowest BCUT2D eigenvalue weighted by Crippen LogP contribution is -2.54. The van der Waals surface area contributed by atoms with E-state index in [9.17, 15) is 18.0 Å². The molecule has 1 aliphatic carbocycles. The number of allylic oxidation sites excluding steroid dienone is 1. The molecule has 2 fully saturated rings. The maximum absolute atomic E-state index is 14.2. The van der Waals surface area contributed by atoms with Crippen LogP contribution in [0.15, 0.2) is 60.3 Å². The van der Waals surface area contributed by atoms with Crippen molar-refractivity contribution in [1.29, 1.82) is 0 Å². The van der Waals surface area contributed by atoms with E-state index < -0.39 is 30.2 Å². The van der Waals surface area contributed by atoms with Gasteiger partial charge in [0.05, 0.1) is 17.0 Å². The average molecular weight is 496 g/mol. The minimum Gasteiger partial charge on any atom is -0.366 e. The zero-order valence-corrected chi connectivity index (χ0v) is 19.9. The van der Waals surface area contributed by atoms with Gasteiger partial charge >= 0.3 is 6.18 Å². The van der Waals surface area contributed by atoms with E-state index in [1.54, 1.807) is 37.3 Å². The fraction of sp³-hybridized carbons (Fsp3) is 0.407. The summed E-state index contributed by atoms with van der Waals surface area (Å²) in [6.45, 7) is 1.76. The first kappa shape index (κ1) is 23.1. The van der Waals surface area contributed by atoms with Gasteiger partial charge in [-0.05, 0) is 37.5 Å².